The number of rotatable bonds is 3. The summed E-state index contributed by atoms with van der Waals surface area (Å²) in [6.07, 6.45) is -2.40. The molecule has 1 rings (SSSR count). The number of nitrogens with zero attached hydrogens (tertiary/aromatic N) is 2. The van der Waals surface area contributed by atoms with Crippen LogP contribution in [-0.2, 0) is 9.53 Å². The van der Waals surface area contributed by atoms with Crippen molar-refractivity contribution < 1.29 is 19.7 Å². The maximum atomic E-state index is 11.4. The van der Waals surface area contributed by atoms with Crippen molar-refractivity contribution in [3.05, 3.63) is 0 Å². The van der Waals surface area contributed by atoms with Crippen LogP contribution in [0.1, 0.15) is 6.92 Å². The van der Waals surface area contributed by atoms with Crippen molar-refractivity contribution in [2.75, 3.05) is 28.2 Å². The average Bonchev–Trinajstić information content (AvgIpc) is 2.47. The molecule has 1 heterocycles. The lowest BCUT2D eigenvalue weighted by Gasteiger charge is -2.42. The molecule has 0 aromatic rings. The van der Waals surface area contributed by atoms with Gasteiger partial charge in [0.25, 0.3) is 0 Å². The van der Waals surface area contributed by atoms with Crippen LogP contribution in [0.5, 0.6) is 0 Å². The van der Waals surface area contributed by atoms with Gasteiger partial charge in [-0.15, -0.1) is 0 Å². The van der Waals surface area contributed by atoms with E-state index in [-0.39, 0.29) is 5.91 Å². The van der Waals surface area contributed by atoms with E-state index in [1.807, 2.05) is 0 Å². The van der Waals surface area contributed by atoms with E-state index in [0.717, 1.165) is 11.8 Å². The van der Waals surface area contributed by atoms with E-state index < -0.39 is 29.1 Å². The molecule has 0 spiro atoms. The summed E-state index contributed by atoms with van der Waals surface area (Å²) in [6, 6.07) is -0.787. The van der Waals surface area contributed by atoms with Crippen LogP contribution >= 0.6 is 48.0 Å². The number of carbonyl (C=O) groups is 1. The van der Waals surface area contributed by atoms with Gasteiger partial charge in [-0.05, 0) is 0 Å². The number of amides is 1. The van der Waals surface area contributed by atoms with Gasteiger partial charge in [0.05, 0.1) is 6.04 Å². The Bertz CT molecular complexity index is 492. The van der Waals surface area contributed by atoms with Crippen molar-refractivity contribution in [1.82, 2.24) is 15.1 Å². The van der Waals surface area contributed by atoms with E-state index in [1.165, 1.54) is 18.7 Å². The first kappa shape index (κ1) is 21.9. The number of hydrogen-bond acceptors (Lipinski definition) is 8. The summed E-state index contributed by atoms with van der Waals surface area (Å²) in [4.78, 5) is 14.9. The standard InChI is InChI=1S/C13H23N3O4S4/c1-6(17)14-7-8(18)9(19)11(24-13(22)16(4)5)20-10(7)23-12(21)15(2)3/h7-11,18-19H,1-5H3,(H,14,17)/t7-,8-,9+,10+,11-/m1/s1. The minimum absolute atomic E-state index is 0.328. The Hall–Kier alpha value is -0.170. The quantitative estimate of drug-likeness (QED) is 0.552. The van der Waals surface area contributed by atoms with Gasteiger partial charge in [-0.2, -0.15) is 0 Å². The molecule has 0 bridgehead atoms. The lowest BCUT2D eigenvalue weighted by Crippen LogP contribution is -2.62. The molecule has 3 N–H and O–H groups in total. The summed E-state index contributed by atoms with van der Waals surface area (Å²) in [5, 5.41) is 23.4. The topological polar surface area (TPSA) is 85.3 Å². The van der Waals surface area contributed by atoms with Crippen LogP contribution in [0.25, 0.3) is 0 Å². The number of ether oxygens (including phenoxy) is 1. The Balaban J connectivity index is 2.96. The number of aliphatic hydroxyl groups is 2. The molecule has 1 aliphatic heterocycles. The van der Waals surface area contributed by atoms with Crippen LogP contribution in [0.15, 0.2) is 0 Å². The predicted octanol–water partition coefficient (Wildman–Crippen LogP) is 0.0547. The molecule has 5 atom stereocenters. The molecule has 0 radical (unpaired) electrons. The Kier molecular flexibility index (Phi) is 8.66. The zero-order valence-electron chi connectivity index (χ0n) is 14.1. The fourth-order valence-electron chi connectivity index (χ4n) is 1.83. The Morgan fingerprint density at radius 2 is 1.46 bits per heavy atom. The summed E-state index contributed by atoms with van der Waals surface area (Å²) in [5.74, 6) is -0.328. The lowest BCUT2D eigenvalue weighted by molar-refractivity contribution is -0.140. The molecular weight excluding hydrogens is 390 g/mol. The van der Waals surface area contributed by atoms with Crippen molar-refractivity contribution in [1.29, 1.82) is 0 Å². The van der Waals surface area contributed by atoms with Gasteiger partial charge in [0.2, 0.25) is 5.91 Å². The third kappa shape index (κ3) is 5.97. The zero-order valence-corrected chi connectivity index (χ0v) is 17.4. The molecule has 7 nitrogen and oxygen atoms in total. The molecule has 11 heteroatoms. The van der Waals surface area contributed by atoms with Crippen LogP contribution in [-0.4, -0.2) is 91.9 Å². The van der Waals surface area contributed by atoms with E-state index in [9.17, 15) is 15.0 Å². The highest BCUT2D eigenvalue weighted by Gasteiger charge is 2.46. The van der Waals surface area contributed by atoms with Gasteiger partial charge in [0.1, 0.15) is 31.7 Å². The van der Waals surface area contributed by atoms with Gasteiger partial charge in [0, 0.05) is 35.1 Å². The van der Waals surface area contributed by atoms with Crippen LogP contribution < -0.4 is 5.32 Å². The van der Waals surface area contributed by atoms with Gasteiger partial charge >= 0.3 is 0 Å². The lowest BCUT2D eigenvalue weighted by atomic mass is 10.0. The first-order valence-corrected chi connectivity index (χ1v) is 9.66. The number of thioether (sulfide) groups is 2. The van der Waals surface area contributed by atoms with Gasteiger partial charge in [0.15, 0.2) is 0 Å². The summed E-state index contributed by atoms with van der Waals surface area (Å²) in [5.41, 5.74) is -1.41. The molecule has 0 saturated carbocycles. The summed E-state index contributed by atoms with van der Waals surface area (Å²) in [6.45, 7) is 1.34. The van der Waals surface area contributed by atoms with Crippen LogP contribution in [0, 0.1) is 0 Å². The average molecular weight is 414 g/mol. The maximum absolute atomic E-state index is 11.4. The second-order valence-corrected chi connectivity index (χ2v) is 9.10. The van der Waals surface area contributed by atoms with E-state index in [1.54, 1.807) is 38.0 Å². The molecule has 1 aliphatic rings. The van der Waals surface area contributed by atoms with Crippen LogP contribution in [0.4, 0.5) is 0 Å². The van der Waals surface area contributed by atoms with Gasteiger partial charge in [-0.3, -0.25) is 4.79 Å². The second kappa shape index (κ2) is 9.51. The molecule has 0 aromatic carbocycles. The minimum Gasteiger partial charge on any atom is -0.388 e. The smallest absolute Gasteiger partial charge is 0.217 e. The number of carbonyl (C=O) groups excluding carboxylic acids is 1. The fourth-order valence-corrected chi connectivity index (χ4v) is 4.31. The van der Waals surface area contributed by atoms with Gasteiger partial charge in [-0.25, -0.2) is 0 Å². The Morgan fingerprint density at radius 1 is 1.00 bits per heavy atom. The van der Waals surface area contributed by atoms with E-state index in [2.05, 4.69) is 5.32 Å². The van der Waals surface area contributed by atoms with Crippen molar-refractivity contribution in [3.8, 4) is 0 Å². The van der Waals surface area contributed by atoms with E-state index in [0.29, 0.717) is 8.64 Å². The predicted molar refractivity (Wildman–Crippen MR) is 106 cm³/mol. The van der Waals surface area contributed by atoms with Crippen molar-refractivity contribution >= 4 is 62.5 Å². The summed E-state index contributed by atoms with van der Waals surface area (Å²) >= 11 is 12.8. The normalized spacial score (nSPS) is 29.7. The molecule has 138 valence electrons. The van der Waals surface area contributed by atoms with Gasteiger partial charge < -0.3 is 30.1 Å². The Labute approximate surface area is 161 Å². The Morgan fingerprint density at radius 3 is 1.88 bits per heavy atom. The molecule has 0 aliphatic carbocycles. The molecule has 1 amide bonds. The molecule has 24 heavy (non-hydrogen) atoms. The highest BCUT2D eigenvalue weighted by atomic mass is 32.2. The highest BCUT2D eigenvalue weighted by Crippen LogP contribution is 2.35. The monoisotopic (exact) mass is 413 g/mol. The third-order valence-electron chi connectivity index (χ3n) is 3.09. The summed E-state index contributed by atoms with van der Waals surface area (Å²) < 4.78 is 6.95. The molecule has 1 fully saturated rings. The van der Waals surface area contributed by atoms with Crippen LogP contribution in [0.3, 0.4) is 0 Å². The minimum atomic E-state index is -1.20. The third-order valence-corrected chi connectivity index (χ3v) is 6.79. The summed E-state index contributed by atoms with van der Waals surface area (Å²) in [7, 11) is 7.16. The number of thiocarbonyl (C=S) groups is 2. The van der Waals surface area contributed by atoms with E-state index >= 15 is 0 Å². The fraction of sp³-hybridized carbons (Fsp3) is 0.769. The molecule has 1 saturated heterocycles. The van der Waals surface area contributed by atoms with E-state index in [4.69, 9.17) is 29.2 Å². The van der Waals surface area contributed by atoms with Gasteiger partial charge in [-0.1, -0.05) is 48.0 Å². The zero-order chi connectivity index (χ0) is 18.6. The first-order chi connectivity index (χ1) is 11.0. The van der Waals surface area contributed by atoms with Crippen molar-refractivity contribution in [3.63, 3.8) is 0 Å². The molecular formula is C13H23N3O4S4. The second-order valence-electron chi connectivity index (χ2n) is 5.64. The first-order valence-electron chi connectivity index (χ1n) is 7.09. The molecule has 0 aromatic heterocycles. The largest absolute Gasteiger partial charge is 0.388 e. The highest BCUT2D eigenvalue weighted by molar-refractivity contribution is 8.23. The number of hydrogen-bond donors (Lipinski definition) is 3. The van der Waals surface area contributed by atoms with Crippen molar-refractivity contribution in [2.45, 2.75) is 36.0 Å². The van der Waals surface area contributed by atoms with Crippen molar-refractivity contribution in [2.24, 2.45) is 0 Å². The maximum Gasteiger partial charge on any atom is 0.217 e. The number of nitrogens with one attached hydrogen (secondary N) is 1. The molecule has 0 unspecified atom stereocenters. The SMILES string of the molecule is CC(=O)N[C@@H]1[C@@H](O)[C@H](O)[C@@H](SC(=S)N(C)C)O[C@H]1SC(=S)N(C)C. The number of aliphatic hydroxyl groups excluding tert-OH is 2. The van der Waals surface area contributed by atoms with Crippen LogP contribution in [0.2, 0.25) is 0 Å².